The van der Waals surface area contributed by atoms with Gasteiger partial charge in [-0.2, -0.15) is 5.10 Å². The van der Waals surface area contributed by atoms with E-state index in [1.165, 1.54) is 25.4 Å². The van der Waals surface area contributed by atoms with E-state index < -0.39 is 0 Å². The summed E-state index contributed by atoms with van der Waals surface area (Å²) >= 11 is 1.63. The third kappa shape index (κ3) is 3.20. The molecule has 7 nitrogen and oxygen atoms in total. The SMILES string of the molecule is COc1cc(/C=N/Nc2ncnc3sc(C)c(C)c23)cc(OC)c1O. The van der Waals surface area contributed by atoms with Crippen molar-refractivity contribution in [3.05, 3.63) is 34.5 Å². The molecule has 3 aromatic rings. The van der Waals surface area contributed by atoms with Gasteiger partial charge in [-0.15, -0.1) is 11.3 Å². The van der Waals surface area contributed by atoms with Crippen LogP contribution < -0.4 is 14.9 Å². The maximum atomic E-state index is 9.94. The van der Waals surface area contributed by atoms with Gasteiger partial charge in [-0.05, 0) is 31.5 Å². The van der Waals surface area contributed by atoms with E-state index in [4.69, 9.17) is 9.47 Å². The summed E-state index contributed by atoms with van der Waals surface area (Å²) in [5, 5.41) is 15.2. The van der Waals surface area contributed by atoms with Crippen molar-refractivity contribution in [3.63, 3.8) is 0 Å². The van der Waals surface area contributed by atoms with Crippen LogP contribution in [0.4, 0.5) is 5.82 Å². The zero-order valence-electron chi connectivity index (χ0n) is 14.3. The van der Waals surface area contributed by atoms with Gasteiger partial charge in [-0.3, -0.25) is 5.43 Å². The standard InChI is InChI=1S/C17H18N4O3S/c1-9-10(2)25-17-14(9)16(18-8-19-17)21-20-7-11-5-12(23-3)15(22)13(6-11)24-4/h5-8,22H,1-4H3,(H,18,19,21)/b20-7+. The fraction of sp³-hybridized carbons (Fsp3) is 0.235. The lowest BCUT2D eigenvalue weighted by atomic mass is 10.2. The van der Waals surface area contributed by atoms with Gasteiger partial charge in [-0.25, -0.2) is 9.97 Å². The highest BCUT2D eigenvalue weighted by Gasteiger charge is 2.12. The van der Waals surface area contributed by atoms with Gasteiger partial charge < -0.3 is 14.6 Å². The largest absolute Gasteiger partial charge is 0.502 e. The molecule has 0 amide bonds. The second-order valence-electron chi connectivity index (χ2n) is 5.33. The predicted molar refractivity (Wildman–Crippen MR) is 99.3 cm³/mol. The number of rotatable bonds is 5. The molecule has 0 radical (unpaired) electrons. The molecule has 0 aliphatic carbocycles. The van der Waals surface area contributed by atoms with E-state index in [2.05, 4.69) is 27.4 Å². The fourth-order valence-electron chi connectivity index (χ4n) is 2.42. The molecule has 0 aliphatic rings. The number of aromatic hydroxyl groups is 1. The number of anilines is 1. The molecule has 0 saturated heterocycles. The number of hydrogen-bond donors (Lipinski definition) is 2. The summed E-state index contributed by atoms with van der Waals surface area (Å²) in [7, 11) is 2.96. The molecule has 0 spiro atoms. The summed E-state index contributed by atoms with van der Waals surface area (Å²) in [5.41, 5.74) is 4.82. The number of aryl methyl sites for hydroxylation is 2. The number of ether oxygens (including phenoxy) is 2. The van der Waals surface area contributed by atoms with Crippen molar-refractivity contribution in [1.29, 1.82) is 0 Å². The average Bonchev–Trinajstić information content (AvgIpc) is 2.91. The van der Waals surface area contributed by atoms with E-state index in [-0.39, 0.29) is 5.75 Å². The first-order valence-corrected chi connectivity index (χ1v) is 8.31. The Morgan fingerprint density at radius 3 is 2.48 bits per heavy atom. The van der Waals surface area contributed by atoms with Crippen molar-refractivity contribution in [2.24, 2.45) is 5.10 Å². The molecule has 0 unspecified atom stereocenters. The van der Waals surface area contributed by atoms with Crippen molar-refractivity contribution in [1.82, 2.24) is 9.97 Å². The number of nitrogens with one attached hydrogen (secondary N) is 1. The summed E-state index contributed by atoms with van der Waals surface area (Å²) in [6, 6.07) is 3.33. The van der Waals surface area contributed by atoms with Crippen LogP contribution in [0.5, 0.6) is 17.2 Å². The first-order valence-electron chi connectivity index (χ1n) is 7.50. The topological polar surface area (TPSA) is 88.9 Å². The first-order chi connectivity index (χ1) is 12.0. The molecular weight excluding hydrogens is 340 g/mol. The Labute approximate surface area is 149 Å². The van der Waals surface area contributed by atoms with Crippen molar-refractivity contribution in [3.8, 4) is 17.2 Å². The minimum atomic E-state index is -0.0445. The van der Waals surface area contributed by atoms with E-state index in [0.29, 0.717) is 22.9 Å². The minimum absolute atomic E-state index is 0.0445. The van der Waals surface area contributed by atoms with E-state index in [1.54, 1.807) is 29.7 Å². The second-order valence-corrected chi connectivity index (χ2v) is 6.53. The van der Waals surface area contributed by atoms with Crippen molar-refractivity contribution in [2.45, 2.75) is 13.8 Å². The number of phenols is 1. The number of hydrazone groups is 1. The van der Waals surface area contributed by atoms with Crippen LogP contribution in [-0.2, 0) is 0 Å². The monoisotopic (exact) mass is 358 g/mol. The van der Waals surface area contributed by atoms with E-state index in [0.717, 1.165) is 15.8 Å². The van der Waals surface area contributed by atoms with E-state index in [9.17, 15) is 5.11 Å². The molecule has 2 N–H and O–H groups in total. The molecule has 0 saturated carbocycles. The fourth-order valence-corrected chi connectivity index (χ4v) is 3.42. The highest BCUT2D eigenvalue weighted by atomic mass is 32.1. The second kappa shape index (κ2) is 6.94. The Hall–Kier alpha value is -2.87. The Bertz CT molecular complexity index is 927. The maximum Gasteiger partial charge on any atom is 0.200 e. The lowest BCUT2D eigenvalue weighted by Crippen LogP contribution is -1.96. The molecule has 3 rings (SSSR count). The molecule has 2 heterocycles. The Morgan fingerprint density at radius 1 is 1.16 bits per heavy atom. The molecule has 0 atom stereocenters. The lowest BCUT2D eigenvalue weighted by molar-refractivity contribution is 0.340. The minimum Gasteiger partial charge on any atom is -0.502 e. The summed E-state index contributed by atoms with van der Waals surface area (Å²) in [4.78, 5) is 10.7. The molecule has 0 aliphatic heterocycles. The highest BCUT2D eigenvalue weighted by molar-refractivity contribution is 7.18. The summed E-state index contributed by atoms with van der Waals surface area (Å²) in [6.45, 7) is 4.10. The molecule has 0 fully saturated rings. The van der Waals surface area contributed by atoms with Crippen molar-refractivity contribution in [2.75, 3.05) is 19.6 Å². The number of nitrogens with zero attached hydrogens (tertiary/aromatic N) is 3. The predicted octanol–water partition coefficient (Wildman–Crippen LogP) is 3.48. The van der Waals surface area contributed by atoms with Gasteiger partial charge in [-0.1, -0.05) is 0 Å². The van der Waals surface area contributed by atoms with Gasteiger partial charge in [0.15, 0.2) is 17.3 Å². The number of methoxy groups -OCH3 is 2. The van der Waals surface area contributed by atoms with Crippen LogP contribution in [0.1, 0.15) is 16.0 Å². The molecule has 2 aromatic heterocycles. The van der Waals surface area contributed by atoms with Crippen LogP contribution in [0.15, 0.2) is 23.6 Å². The van der Waals surface area contributed by atoms with Crippen LogP contribution in [0.2, 0.25) is 0 Å². The van der Waals surface area contributed by atoms with Crippen LogP contribution in [0.25, 0.3) is 10.2 Å². The summed E-state index contributed by atoms with van der Waals surface area (Å²) in [5.74, 6) is 1.24. The first kappa shape index (κ1) is 17.0. The number of benzene rings is 1. The summed E-state index contributed by atoms with van der Waals surface area (Å²) in [6.07, 6.45) is 3.12. The van der Waals surface area contributed by atoms with Crippen LogP contribution in [-0.4, -0.2) is 35.5 Å². The zero-order chi connectivity index (χ0) is 18.0. The van der Waals surface area contributed by atoms with Crippen LogP contribution in [0, 0.1) is 13.8 Å². The average molecular weight is 358 g/mol. The van der Waals surface area contributed by atoms with Gasteiger partial charge in [0.05, 0.1) is 25.8 Å². The van der Waals surface area contributed by atoms with Gasteiger partial charge >= 0.3 is 0 Å². The van der Waals surface area contributed by atoms with Crippen molar-refractivity contribution < 1.29 is 14.6 Å². The van der Waals surface area contributed by atoms with Gasteiger partial charge in [0.1, 0.15) is 11.2 Å². The number of hydrogen-bond acceptors (Lipinski definition) is 8. The normalized spacial score (nSPS) is 11.2. The number of fused-ring (bicyclic) bond motifs is 1. The Balaban J connectivity index is 1.89. The van der Waals surface area contributed by atoms with Crippen LogP contribution in [0.3, 0.4) is 0 Å². The quantitative estimate of drug-likeness (QED) is 0.536. The van der Waals surface area contributed by atoms with Gasteiger partial charge in [0, 0.05) is 10.4 Å². The highest BCUT2D eigenvalue weighted by Crippen LogP contribution is 2.36. The van der Waals surface area contributed by atoms with Gasteiger partial charge in [0.2, 0.25) is 5.75 Å². The summed E-state index contributed by atoms with van der Waals surface area (Å²) < 4.78 is 10.3. The molecule has 25 heavy (non-hydrogen) atoms. The molecule has 8 heteroatoms. The molecular formula is C17H18N4O3S. The van der Waals surface area contributed by atoms with Crippen LogP contribution >= 0.6 is 11.3 Å². The van der Waals surface area contributed by atoms with E-state index in [1.807, 2.05) is 6.92 Å². The zero-order valence-corrected chi connectivity index (χ0v) is 15.1. The Morgan fingerprint density at radius 2 is 1.84 bits per heavy atom. The molecule has 1 aromatic carbocycles. The number of thiophene rings is 1. The smallest absolute Gasteiger partial charge is 0.200 e. The molecule has 130 valence electrons. The third-order valence-electron chi connectivity index (χ3n) is 3.85. The van der Waals surface area contributed by atoms with Gasteiger partial charge in [0.25, 0.3) is 0 Å². The maximum absolute atomic E-state index is 9.94. The number of aromatic nitrogens is 2. The number of phenolic OH excluding ortho intramolecular Hbond substituents is 1. The lowest BCUT2D eigenvalue weighted by Gasteiger charge is -2.09. The van der Waals surface area contributed by atoms with Crippen molar-refractivity contribution >= 4 is 33.6 Å². The third-order valence-corrected chi connectivity index (χ3v) is 4.97. The molecule has 0 bridgehead atoms. The Kier molecular flexibility index (Phi) is 4.71. The van der Waals surface area contributed by atoms with E-state index >= 15 is 0 Å².